The molecule has 0 saturated carbocycles. The van der Waals surface area contributed by atoms with E-state index in [2.05, 4.69) is 15.6 Å². The minimum absolute atomic E-state index is 0.211. The Hall–Kier alpha value is -3.28. The third kappa shape index (κ3) is 3.39. The number of fused-ring (bicyclic) bond motifs is 2. The number of nitrogens with zero attached hydrogens (tertiary/aromatic N) is 2. The molecule has 0 radical (unpaired) electrons. The molecule has 1 atom stereocenters. The minimum Gasteiger partial charge on any atom is -0.459 e. The van der Waals surface area contributed by atoms with Crippen LogP contribution in [0.5, 0.6) is 0 Å². The Morgan fingerprint density at radius 3 is 2.92 bits per heavy atom. The van der Waals surface area contributed by atoms with Crippen molar-refractivity contribution in [1.82, 2.24) is 20.0 Å². The summed E-state index contributed by atoms with van der Waals surface area (Å²) >= 11 is 0. The number of urea groups is 1. The number of hydrogen-bond acceptors (Lipinski definition) is 3. The molecule has 132 valence electrons. The molecule has 0 aliphatic heterocycles. The van der Waals surface area contributed by atoms with Crippen LogP contribution < -0.4 is 10.6 Å². The third-order valence-electron chi connectivity index (χ3n) is 4.30. The van der Waals surface area contributed by atoms with E-state index in [0.29, 0.717) is 13.0 Å². The van der Waals surface area contributed by atoms with Crippen molar-refractivity contribution in [2.75, 3.05) is 6.54 Å². The summed E-state index contributed by atoms with van der Waals surface area (Å²) in [5.74, 6) is 0.738. The van der Waals surface area contributed by atoms with Crippen molar-refractivity contribution in [1.29, 1.82) is 0 Å². The summed E-state index contributed by atoms with van der Waals surface area (Å²) in [4.78, 5) is 16.6. The smallest absolute Gasteiger partial charge is 0.315 e. The summed E-state index contributed by atoms with van der Waals surface area (Å²) in [6.45, 7) is 2.42. The number of carbonyl (C=O) groups excluding carboxylic acids is 1. The predicted octanol–water partition coefficient (Wildman–Crippen LogP) is 3.68. The molecule has 3 heterocycles. The zero-order valence-electron chi connectivity index (χ0n) is 14.5. The van der Waals surface area contributed by atoms with Gasteiger partial charge in [-0.05, 0) is 31.2 Å². The fraction of sp³-hybridized carbons (Fsp3) is 0.200. The van der Waals surface area contributed by atoms with Crippen molar-refractivity contribution in [2.24, 2.45) is 0 Å². The highest BCUT2D eigenvalue weighted by molar-refractivity contribution is 5.78. The average Bonchev–Trinajstić information content (AvgIpc) is 3.25. The first-order valence-corrected chi connectivity index (χ1v) is 8.64. The Bertz CT molecular complexity index is 984. The third-order valence-corrected chi connectivity index (χ3v) is 4.30. The molecule has 6 heteroatoms. The summed E-state index contributed by atoms with van der Waals surface area (Å²) in [5, 5.41) is 6.80. The lowest BCUT2D eigenvalue weighted by molar-refractivity contribution is 0.236. The molecule has 1 aromatic carbocycles. The van der Waals surface area contributed by atoms with Crippen LogP contribution in [-0.2, 0) is 6.42 Å². The number of nitrogens with one attached hydrogen (secondary N) is 2. The van der Waals surface area contributed by atoms with Crippen molar-refractivity contribution < 1.29 is 9.21 Å². The van der Waals surface area contributed by atoms with E-state index >= 15 is 0 Å². The standard InChI is InChI=1S/C20H20N4O2/c1-14(18-12-15-6-2-3-7-17(15)26-18)22-20(25)21-10-9-16-13-24-11-5-4-8-19(24)23-16/h2-8,11-14H,9-10H2,1H3,(H2,21,22,25). The van der Waals surface area contributed by atoms with Crippen molar-refractivity contribution in [3.63, 3.8) is 0 Å². The highest BCUT2D eigenvalue weighted by Gasteiger charge is 2.14. The molecule has 1 unspecified atom stereocenters. The lowest BCUT2D eigenvalue weighted by Crippen LogP contribution is -2.37. The zero-order chi connectivity index (χ0) is 17.9. The first-order chi connectivity index (χ1) is 12.7. The summed E-state index contributed by atoms with van der Waals surface area (Å²) in [7, 11) is 0. The van der Waals surface area contributed by atoms with E-state index in [4.69, 9.17) is 4.42 Å². The van der Waals surface area contributed by atoms with Gasteiger partial charge < -0.3 is 19.5 Å². The molecule has 2 N–H and O–H groups in total. The molecular weight excluding hydrogens is 328 g/mol. The SMILES string of the molecule is CC(NC(=O)NCCc1cn2ccccc2n1)c1cc2ccccc2o1. The van der Waals surface area contributed by atoms with Crippen molar-refractivity contribution in [2.45, 2.75) is 19.4 Å². The van der Waals surface area contributed by atoms with Crippen LogP contribution >= 0.6 is 0 Å². The molecule has 4 aromatic rings. The molecule has 26 heavy (non-hydrogen) atoms. The number of hydrogen-bond donors (Lipinski definition) is 2. The second kappa shape index (κ2) is 6.92. The molecule has 0 aliphatic carbocycles. The van der Waals surface area contributed by atoms with Crippen LogP contribution in [0, 0.1) is 0 Å². The van der Waals surface area contributed by atoms with Crippen LogP contribution in [0.1, 0.15) is 24.4 Å². The summed E-state index contributed by atoms with van der Waals surface area (Å²) < 4.78 is 7.75. The Balaban J connectivity index is 1.30. The molecule has 6 nitrogen and oxygen atoms in total. The number of aromatic nitrogens is 2. The number of imidazole rings is 1. The number of amides is 2. The van der Waals surface area contributed by atoms with E-state index < -0.39 is 0 Å². The first kappa shape index (κ1) is 16.2. The average molecular weight is 348 g/mol. The van der Waals surface area contributed by atoms with E-state index in [9.17, 15) is 4.79 Å². The van der Waals surface area contributed by atoms with E-state index in [1.807, 2.05) is 72.2 Å². The highest BCUT2D eigenvalue weighted by Crippen LogP contribution is 2.23. The largest absolute Gasteiger partial charge is 0.459 e. The molecule has 0 bridgehead atoms. The van der Waals surface area contributed by atoms with Gasteiger partial charge in [-0.2, -0.15) is 0 Å². The van der Waals surface area contributed by atoms with E-state index in [1.165, 1.54) is 0 Å². The molecule has 3 aromatic heterocycles. The highest BCUT2D eigenvalue weighted by atomic mass is 16.3. The molecule has 0 saturated heterocycles. The second-order valence-electron chi connectivity index (χ2n) is 6.26. The second-order valence-corrected chi connectivity index (χ2v) is 6.26. The van der Waals surface area contributed by atoms with E-state index in [1.54, 1.807) is 0 Å². The van der Waals surface area contributed by atoms with Gasteiger partial charge in [0.15, 0.2) is 0 Å². The number of rotatable bonds is 5. The van der Waals surface area contributed by atoms with Gasteiger partial charge in [-0.3, -0.25) is 0 Å². The van der Waals surface area contributed by atoms with Crippen LogP contribution in [0.4, 0.5) is 4.79 Å². The van der Waals surface area contributed by atoms with Gasteiger partial charge in [-0.25, -0.2) is 9.78 Å². The van der Waals surface area contributed by atoms with Crippen LogP contribution in [0.15, 0.2) is 65.3 Å². The van der Waals surface area contributed by atoms with Crippen LogP contribution in [0.3, 0.4) is 0 Å². The lowest BCUT2D eigenvalue weighted by Gasteiger charge is -2.12. The quantitative estimate of drug-likeness (QED) is 0.578. The maximum Gasteiger partial charge on any atom is 0.315 e. The van der Waals surface area contributed by atoms with Crippen molar-refractivity contribution >= 4 is 22.6 Å². The molecule has 0 spiro atoms. The monoisotopic (exact) mass is 348 g/mol. The number of furan rings is 1. The number of carbonyl (C=O) groups is 1. The summed E-state index contributed by atoms with van der Waals surface area (Å²) in [5.41, 5.74) is 2.68. The summed E-state index contributed by atoms with van der Waals surface area (Å²) in [6, 6.07) is 15.2. The zero-order valence-corrected chi connectivity index (χ0v) is 14.5. The number of para-hydroxylation sites is 1. The van der Waals surface area contributed by atoms with Gasteiger partial charge in [0, 0.05) is 30.7 Å². The van der Waals surface area contributed by atoms with E-state index in [-0.39, 0.29) is 12.1 Å². The van der Waals surface area contributed by atoms with Gasteiger partial charge in [-0.1, -0.05) is 24.3 Å². The van der Waals surface area contributed by atoms with Gasteiger partial charge in [0.2, 0.25) is 0 Å². The van der Waals surface area contributed by atoms with Gasteiger partial charge in [0.05, 0.1) is 11.7 Å². The first-order valence-electron chi connectivity index (χ1n) is 8.64. The Labute approximate surface area is 150 Å². The summed E-state index contributed by atoms with van der Waals surface area (Å²) in [6.07, 6.45) is 4.61. The van der Waals surface area contributed by atoms with Gasteiger partial charge in [0.25, 0.3) is 0 Å². The van der Waals surface area contributed by atoms with Gasteiger partial charge >= 0.3 is 6.03 Å². The molecule has 0 fully saturated rings. The van der Waals surface area contributed by atoms with Crippen LogP contribution in [0.25, 0.3) is 16.6 Å². The van der Waals surface area contributed by atoms with Crippen molar-refractivity contribution in [3.05, 3.63) is 72.4 Å². The lowest BCUT2D eigenvalue weighted by atomic mass is 10.2. The molecular formula is C20H20N4O2. The minimum atomic E-state index is -0.221. The fourth-order valence-corrected chi connectivity index (χ4v) is 2.95. The maximum atomic E-state index is 12.1. The van der Waals surface area contributed by atoms with Gasteiger partial charge in [0.1, 0.15) is 17.0 Å². The van der Waals surface area contributed by atoms with Crippen LogP contribution in [-0.4, -0.2) is 22.0 Å². The van der Waals surface area contributed by atoms with Gasteiger partial charge in [-0.15, -0.1) is 0 Å². The topological polar surface area (TPSA) is 71.6 Å². The number of benzene rings is 1. The Morgan fingerprint density at radius 2 is 2.08 bits per heavy atom. The predicted molar refractivity (Wildman–Crippen MR) is 100 cm³/mol. The van der Waals surface area contributed by atoms with Crippen LogP contribution in [0.2, 0.25) is 0 Å². The molecule has 2 amide bonds. The van der Waals surface area contributed by atoms with E-state index in [0.717, 1.165) is 28.1 Å². The maximum absolute atomic E-state index is 12.1. The molecule has 0 aliphatic rings. The number of pyridine rings is 1. The normalized spacial score (nSPS) is 12.3. The fourth-order valence-electron chi connectivity index (χ4n) is 2.95. The molecule has 4 rings (SSSR count). The Morgan fingerprint density at radius 1 is 1.23 bits per heavy atom. The Kier molecular flexibility index (Phi) is 4.31. The van der Waals surface area contributed by atoms with Crippen molar-refractivity contribution in [3.8, 4) is 0 Å².